The van der Waals surface area contributed by atoms with Gasteiger partial charge in [-0.1, -0.05) is 23.7 Å². The molecule has 0 saturated carbocycles. The molecule has 0 atom stereocenters. The maximum atomic E-state index is 12.1. The van der Waals surface area contributed by atoms with E-state index in [-0.39, 0.29) is 5.91 Å². The van der Waals surface area contributed by atoms with Gasteiger partial charge in [-0.05, 0) is 19.9 Å². The van der Waals surface area contributed by atoms with E-state index in [2.05, 4.69) is 0 Å². The molecule has 0 bridgehead atoms. The molecule has 0 N–H and O–H groups in total. The number of carbonyl (C=O) groups is 2. The monoisotopic (exact) mass is 239 g/mol. The molecule has 3 nitrogen and oxygen atoms in total. The van der Waals surface area contributed by atoms with E-state index in [0.717, 1.165) is 0 Å². The van der Waals surface area contributed by atoms with Crippen LogP contribution in [0.3, 0.4) is 0 Å². The van der Waals surface area contributed by atoms with Crippen molar-refractivity contribution >= 4 is 23.8 Å². The van der Waals surface area contributed by atoms with Crippen LogP contribution in [0, 0.1) is 0 Å². The van der Waals surface area contributed by atoms with Gasteiger partial charge in [0.2, 0.25) is 0 Å². The van der Waals surface area contributed by atoms with E-state index < -0.39 is 0 Å². The van der Waals surface area contributed by atoms with Crippen LogP contribution in [0.1, 0.15) is 34.6 Å². The summed E-state index contributed by atoms with van der Waals surface area (Å²) < 4.78 is 0. The largest absolute Gasteiger partial charge is 0.339 e. The quantitative estimate of drug-likeness (QED) is 0.758. The zero-order chi connectivity index (χ0) is 12.1. The van der Waals surface area contributed by atoms with Gasteiger partial charge in [-0.15, -0.1) is 0 Å². The van der Waals surface area contributed by atoms with E-state index in [1.165, 1.54) is 0 Å². The average molecular weight is 240 g/mol. The zero-order valence-electron chi connectivity index (χ0n) is 9.37. The topological polar surface area (TPSA) is 37.4 Å². The smallest absolute Gasteiger partial charge is 0.256 e. The van der Waals surface area contributed by atoms with Crippen molar-refractivity contribution in [1.29, 1.82) is 0 Å². The molecule has 0 aliphatic carbocycles. The third-order valence-corrected chi connectivity index (χ3v) is 2.75. The van der Waals surface area contributed by atoms with Gasteiger partial charge in [0.25, 0.3) is 5.91 Å². The SMILES string of the molecule is CCN(CC)C(=O)c1c(Cl)cccc1C=O. The fraction of sp³-hybridized carbons (Fsp3) is 0.333. The predicted octanol–water partition coefficient (Wildman–Crippen LogP) is 2.63. The highest BCUT2D eigenvalue weighted by atomic mass is 35.5. The van der Waals surface area contributed by atoms with Gasteiger partial charge < -0.3 is 4.90 Å². The van der Waals surface area contributed by atoms with Crippen molar-refractivity contribution in [3.05, 3.63) is 34.3 Å². The standard InChI is InChI=1S/C12H14ClNO2/c1-3-14(4-2)12(16)11-9(8-15)6-5-7-10(11)13/h5-8H,3-4H2,1-2H3. The first-order chi connectivity index (χ1) is 7.65. The first kappa shape index (κ1) is 12.7. The molecule has 0 aliphatic heterocycles. The van der Waals surface area contributed by atoms with Crippen molar-refractivity contribution in [2.45, 2.75) is 13.8 Å². The van der Waals surface area contributed by atoms with Gasteiger partial charge in [-0.2, -0.15) is 0 Å². The van der Waals surface area contributed by atoms with Crippen molar-refractivity contribution in [3.8, 4) is 0 Å². The second kappa shape index (κ2) is 5.66. The lowest BCUT2D eigenvalue weighted by Crippen LogP contribution is -2.31. The van der Waals surface area contributed by atoms with Crippen molar-refractivity contribution < 1.29 is 9.59 Å². The van der Waals surface area contributed by atoms with Crippen LogP contribution in [0.5, 0.6) is 0 Å². The van der Waals surface area contributed by atoms with Gasteiger partial charge in [0, 0.05) is 18.7 Å². The Labute approximate surface area is 100 Å². The van der Waals surface area contributed by atoms with Crippen LogP contribution >= 0.6 is 11.6 Å². The van der Waals surface area contributed by atoms with Gasteiger partial charge in [0.15, 0.2) is 6.29 Å². The van der Waals surface area contributed by atoms with E-state index in [0.29, 0.717) is 35.5 Å². The first-order valence-corrected chi connectivity index (χ1v) is 5.56. The third-order valence-electron chi connectivity index (χ3n) is 2.44. The molecule has 1 amide bonds. The molecule has 1 aromatic carbocycles. The average Bonchev–Trinajstić information content (AvgIpc) is 2.29. The van der Waals surface area contributed by atoms with Crippen LogP contribution < -0.4 is 0 Å². The minimum atomic E-state index is -0.197. The summed E-state index contributed by atoms with van der Waals surface area (Å²) in [5, 5.41) is 0.321. The number of nitrogens with zero attached hydrogens (tertiary/aromatic N) is 1. The lowest BCUT2D eigenvalue weighted by atomic mass is 10.1. The Morgan fingerprint density at radius 3 is 2.50 bits per heavy atom. The second-order valence-electron chi connectivity index (χ2n) is 3.30. The molecule has 0 spiro atoms. The molecule has 0 unspecified atom stereocenters. The summed E-state index contributed by atoms with van der Waals surface area (Å²) in [6.45, 7) is 4.97. The normalized spacial score (nSPS) is 9.94. The maximum absolute atomic E-state index is 12.1. The van der Waals surface area contributed by atoms with Gasteiger partial charge >= 0.3 is 0 Å². The van der Waals surface area contributed by atoms with Crippen molar-refractivity contribution in [2.24, 2.45) is 0 Å². The van der Waals surface area contributed by atoms with Crippen LogP contribution in [0.2, 0.25) is 5.02 Å². The minimum Gasteiger partial charge on any atom is -0.339 e. The molecule has 0 saturated heterocycles. The van der Waals surface area contributed by atoms with Crippen LogP contribution in [-0.2, 0) is 0 Å². The Morgan fingerprint density at radius 2 is 2.00 bits per heavy atom. The van der Waals surface area contributed by atoms with E-state index >= 15 is 0 Å². The van der Waals surface area contributed by atoms with Crippen LogP contribution in [0.4, 0.5) is 0 Å². The Kier molecular flexibility index (Phi) is 4.50. The Balaban J connectivity index is 3.21. The highest BCUT2D eigenvalue weighted by Crippen LogP contribution is 2.20. The summed E-state index contributed by atoms with van der Waals surface area (Å²) in [4.78, 5) is 24.6. The molecule has 0 radical (unpaired) electrons. The molecular weight excluding hydrogens is 226 g/mol. The first-order valence-electron chi connectivity index (χ1n) is 5.18. The zero-order valence-corrected chi connectivity index (χ0v) is 10.1. The van der Waals surface area contributed by atoms with Gasteiger partial charge in [0.05, 0.1) is 10.6 Å². The number of carbonyl (C=O) groups excluding carboxylic acids is 2. The highest BCUT2D eigenvalue weighted by Gasteiger charge is 2.19. The molecule has 4 heteroatoms. The summed E-state index contributed by atoms with van der Waals surface area (Å²) >= 11 is 5.95. The number of rotatable bonds is 4. The van der Waals surface area contributed by atoms with Crippen molar-refractivity contribution in [3.63, 3.8) is 0 Å². The second-order valence-corrected chi connectivity index (χ2v) is 3.71. The number of hydrogen-bond donors (Lipinski definition) is 0. The lowest BCUT2D eigenvalue weighted by Gasteiger charge is -2.20. The Hall–Kier alpha value is -1.35. The summed E-state index contributed by atoms with van der Waals surface area (Å²) in [5.74, 6) is -0.197. The van der Waals surface area contributed by atoms with Gasteiger partial charge in [0.1, 0.15) is 0 Å². The Bertz CT molecular complexity index is 400. The van der Waals surface area contributed by atoms with Gasteiger partial charge in [-0.3, -0.25) is 9.59 Å². The predicted molar refractivity (Wildman–Crippen MR) is 64.1 cm³/mol. The van der Waals surface area contributed by atoms with Crippen LogP contribution in [-0.4, -0.2) is 30.2 Å². The number of hydrogen-bond acceptors (Lipinski definition) is 2. The van der Waals surface area contributed by atoms with E-state index in [1.807, 2.05) is 13.8 Å². The molecule has 0 aromatic heterocycles. The molecule has 1 rings (SSSR count). The molecule has 16 heavy (non-hydrogen) atoms. The van der Waals surface area contributed by atoms with Gasteiger partial charge in [-0.25, -0.2) is 0 Å². The minimum absolute atomic E-state index is 0.197. The van der Waals surface area contributed by atoms with Crippen molar-refractivity contribution in [1.82, 2.24) is 4.90 Å². The van der Waals surface area contributed by atoms with E-state index in [4.69, 9.17) is 11.6 Å². The molecule has 86 valence electrons. The fourth-order valence-corrected chi connectivity index (χ4v) is 1.80. The molecule has 0 fully saturated rings. The number of amides is 1. The lowest BCUT2D eigenvalue weighted by molar-refractivity contribution is 0.0770. The molecule has 0 heterocycles. The summed E-state index contributed by atoms with van der Waals surface area (Å²) in [5.41, 5.74) is 0.632. The number of aldehydes is 1. The van der Waals surface area contributed by atoms with E-state index in [9.17, 15) is 9.59 Å². The summed E-state index contributed by atoms with van der Waals surface area (Å²) in [7, 11) is 0. The third kappa shape index (κ3) is 2.42. The molecule has 0 aliphatic rings. The summed E-state index contributed by atoms with van der Waals surface area (Å²) in [6.07, 6.45) is 0.655. The molecular formula is C12H14ClNO2. The maximum Gasteiger partial charge on any atom is 0.256 e. The highest BCUT2D eigenvalue weighted by molar-refractivity contribution is 6.34. The number of benzene rings is 1. The van der Waals surface area contributed by atoms with Crippen LogP contribution in [0.25, 0.3) is 0 Å². The van der Waals surface area contributed by atoms with E-state index in [1.54, 1.807) is 23.1 Å². The van der Waals surface area contributed by atoms with Crippen LogP contribution in [0.15, 0.2) is 18.2 Å². The fourth-order valence-electron chi connectivity index (χ4n) is 1.53. The Morgan fingerprint density at radius 1 is 1.38 bits per heavy atom. The number of halogens is 1. The van der Waals surface area contributed by atoms with Crippen molar-refractivity contribution in [2.75, 3.05) is 13.1 Å². The summed E-state index contributed by atoms with van der Waals surface area (Å²) in [6, 6.07) is 4.87. The molecule has 1 aromatic rings.